The fourth-order valence-corrected chi connectivity index (χ4v) is 2.11. The van der Waals surface area contributed by atoms with E-state index >= 15 is 0 Å². The molecule has 0 spiro atoms. The number of carbonyl (C=O) groups excluding carboxylic acids is 1. The van der Waals surface area contributed by atoms with Gasteiger partial charge in [-0.2, -0.15) is 0 Å². The van der Waals surface area contributed by atoms with Crippen LogP contribution in [0.25, 0.3) is 0 Å². The standard InChI is InChI=1S/C13H16N2O4/c16-9-10-4-5-12(13(7-10)15(17)18)14-8-11-3-1-2-6-19-11/h4-5,7,9,11,14H,1-3,6,8H2. The van der Waals surface area contributed by atoms with Crippen molar-refractivity contribution in [3.8, 4) is 0 Å². The highest BCUT2D eigenvalue weighted by atomic mass is 16.6. The van der Waals surface area contributed by atoms with E-state index in [9.17, 15) is 14.9 Å². The van der Waals surface area contributed by atoms with Crippen LogP contribution in [-0.2, 0) is 4.74 Å². The minimum atomic E-state index is -0.489. The van der Waals surface area contributed by atoms with Gasteiger partial charge in [0, 0.05) is 24.8 Å². The van der Waals surface area contributed by atoms with Gasteiger partial charge in [-0.25, -0.2) is 0 Å². The average Bonchev–Trinajstić information content (AvgIpc) is 2.46. The van der Waals surface area contributed by atoms with Gasteiger partial charge in [-0.1, -0.05) is 0 Å². The second kappa shape index (κ2) is 6.29. The predicted molar refractivity (Wildman–Crippen MR) is 70.6 cm³/mol. The first-order valence-corrected chi connectivity index (χ1v) is 6.30. The lowest BCUT2D eigenvalue weighted by molar-refractivity contribution is -0.384. The molecule has 0 aliphatic carbocycles. The summed E-state index contributed by atoms with van der Waals surface area (Å²) < 4.78 is 5.56. The zero-order chi connectivity index (χ0) is 13.7. The topological polar surface area (TPSA) is 81.5 Å². The van der Waals surface area contributed by atoms with Gasteiger partial charge in [0.25, 0.3) is 5.69 Å². The Morgan fingerprint density at radius 1 is 1.47 bits per heavy atom. The molecule has 6 nitrogen and oxygen atoms in total. The van der Waals surface area contributed by atoms with Crippen molar-refractivity contribution in [1.82, 2.24) is 0 Å². The second-order valence-electron chi connectivity index (χ2n) is 4.52. The lowest BCUT2D eigenvalue weighted by Crippen LogP contribution is -2.27. The van der Waals surface area contributed by atoms with E-state index in [1.54, 1.807) is 12.1 Å². The predicted octanol–water partition coefficient (Wildman–Crippen LogP) is 2.39. The third kappa shape index (κ3) is 3.51. The number of aldehydes is 1. The molecule has 1 fully saturated rings. The highest BCUT2D eigenvalue weighted by Gasteiger charge is 2.17. The Hall–Kier alpha value is -1.95. The summed E-state index contributed by atoms with van der Waals surface area (Å²) in [4.78, 5) is 21.1. The van der Waals surface area contributed by atoms with E-state index in [-0.39, 0.29) is 11.8 Å². The van der Waals surface area contributed by atoms with Gasteiger partial charge in [-0.15, -0.1) is 0 Å². The molecule has 0 bridgehead atoms. The van der Waals surface area contributed by atoms with Crippen LogP contribution in [0.5, 0.6) is 0 Å². The summed E-state index contributed by atoms with van der Waals surface area (Å²) in [5.41, 5.74) is 0.636. The van der Waals surface area contributed by atoms with Crippen LogP contribution in [0.1, 0.15) is 29.6 Å². The molecule has 1 heterocycles. The van der Waals surface area contributed by atoms with Gasteiger partial charge in [0.2, 0.25) is 0 Å². The first kappa shape index (κ1) is 13.5. The van der Waals surface area contributed by atoms with Crippen LogP contribution in [0.3, 0.4) is 0 Å². The van der Waals surface area contributed by atoms with Crippen LogP contribution in [0.2, 0.25) is 0 Å². The number of nitro groups is 1. The number of hydrogen-bond donors (Lipinski definition) is 1. The van der Waals surface area contributed by atoms with Gasteiger partial charge >= 0.3 is 0 Å². The van der Waals surface area contributed by atoms with Crippen LogP contribution in [-0.4, -0.2) is 30.5 Å². The number of carbonyl (C=O) groups is 1. The highest BCUT2D eigenvalue weighted by molar-refractivity contribution is 5.79. The summed E-state index contributed by atoms with van der Waals surface area (Å²) >= 11 is 0. The van der Waals surface area contributed by atoms with Gasteiger partial charge in [-0.05, 0) is 31.4 Å². The monoisotopic (exact) mass is 264 g/mol. The van der Waals surface area contributed by atoms with Crippen molar-refractivity contribution in [1.29, 1.82) is 0 Å². The van der Waals surface area contributed by atoms with E-state index in [1.165, 1.54) is 6.07 Å². The third-order valence-corrected chi connectivity index (χ3v) is 3.15. The summed E-state index contributed by atoms with van der Waals surface area (Å²) in [6, 6.07) is 4.39. The van der Waals surface area contributed by atoms with Gasteiger partial charge in [0.05, 0.1) is 11.0 Å². The van der Waals surface area contributed by atoms with Gasteiger partial charge < -0.3 is 10.1 Å². The van der Waals surface area contributed by atoms with Crippen molar-refractivity contribution in [3.05, 3.63) is 33.9 Å². The molecular formula is C13H16N2O4. The fourth-order valence-electron chi connectivity index (χ4n) is 2.11. The molecule has 1 unspecified atom stereocenters. The average molecular weight is 264 g/mol. The number of hydrogen-bond acceptors (Lipinski definition) is 5. The van der Waals surface area contributed by atoms with Crippen LogP contribution < -0.4 is 5.32 Å². The minimum absolute atomic E-state index is 0.0830. The molecule has 0 amide bonds. The van der Waals surface area contributed by atoms with Crippen molar-refractivity contribution in [2.24, 2.45) is 0 Å². The van der Waals surface area contributed by atoms with Crippen molar-refractivity contribution >= 4 is 17.7 Å². The maximum Gasteiger partial charge on any atom is 0.293 e. The Kier molecular flexibility index (Phi) is 4.46. The van der Waals surface area contributed by atoms with Crippen molar-refractivity contribution < 1.29 is 14.5 Å². The lowest BCUT2D eigenvalue weighted by Gasteiger charge is -2.23. The van der Waals surface area contributed by atoms with E-state index in [4.69, 9.17) is 4.74 Å². The largest absolute Gasteiger partial charge is 0.377 e. The first-order valence-electron chi connectivity index (χ1n) is 6.30. The summed E-state index contributed by atoms with van der Waals surface area (Å²) in [7, 11) is 0. The van der Waals surface area contributed by atoms with E-state index in [2.05, 4.69) is 5.32 Å². The molecule has 1 aliphatic heterocycles. The Morgan fingerprint density at radius 3 is 2.95 bits per heavy atom. The number of nitrogens with zero attached hydrogens (tertiary/aromatic N) is 1. The fraction of sp³-hybridized carbons (Fsp3) is 0.462. The molecule has 1 N–H and O–H groups in total. The zero-order valence-electron chi connectivity index (χ0n) is 10.5. The molecule has 0 aromatic heterocycles. The molecule has 102 valence electrons. The quantitative estimate of drug-likeness (QED) is 0.501. The van der Waals surface area contributed by atoms with Crippen LogP contribution >= 0.6 is 0 Å². The van der Waals surface area contributed by atoms with Gasteiger partial charge in [0.15, 0.2) is 0 Å². The Bertz CT molecular complexity index is 470. The maximum atomic E-state index is 11.0. The number of rotatable bonds is 5. The molecule has 1 atom stereocenters. The van der Waals surface area contributed by atoms with Crippen LogP contribution in [0.4, 0.5) is 11.4 Å². The van der Waals surface area contributed by atoms with Crippen molar-refractivity contribution in [2.45, 2.75) is 25.4 Å². The maximum absolute atomic E-state index is 11.0. The molecule has 2 rings (SSSR count). The minimum Gasteiger partial charge on any atom is -0.377 e. The number of ether oxygens (including phenoxy) is 1. The number of benzene rings is 1. The van der Waals surface area contributed by atoms with Crippen LogP contribution in [0, 0.1) is 10.1 Å². The number of nitrogens with one attached hydrogen (secondary N) is 1. The Morgan fingerprint density at radius 2 is 2.32 bits per heavy atom. The zero-order valence-corrected chi connectivity index (χ0v) is 10.5. The molecule has 1 saturated heterocycles. The van der Waals surface area contributed by atoms with E-state index in [0.717, 1.165) is 25.9 Å². The van der Waals surface area contributed by atoms with E-state index in [0.29, 0.717) is 24.1 Å². The summed E-state index contributed by atoms with van der Waals surface area (Å²) in [5, 5.41) is 14.0. The summed E-state index contributed by atoms with van der Waals surface area (Å²) in [5.74, 6) is 0. The molecule has 0 radical (unpaired) electrons. The molecule has 1 aromatic rings. The summed E-state index contributed by atoms with van der Waals surface area (Å²) in [6.07, 6.45) is 3.86. The normalized spacial score (nSPS) is 18.8. The first-order chi connectivity index (χ1) is 9.20. The van der Waals surface area contributed by atoms with E-state index in [1.807, 2.05) is 0 Å². The van der Waals surface area contributed by atoms with Crippen molar-refractivity contribution in [2.75, 3.05) is 18.5 Å². The molecular weight excluding hydrogens is 248 g/mol. The summed E-state index contributed by atoms with van der Waals surface area (Å²) in [6.45, 7) is 1.29. The second-order valence-corrected chi connectivity index (χ2v) is 4.52. The molecule has 6 heteroatoms. The number of anilines is 1. The Balaban J connectivity index is 2.06. The van der Waals surface area contributed by atoms with Crippen LogP contribution in [0.15, 0.2) is 18.2 Å². The SMILES string of the molecule is O=Cc1ccc(NCC2CCCCO2)c([N+](=O)[O-])c1. The third-order valence-electron chi connectivity index (χ3n) is 3.15. The highest BCUT2D eigenvalue weighted by Crippen LogP contribution is 2.25. The molecule has 1 aliphatic rings. The van der Waals surface area contributed by atoms with Crippen molar-refractivity contribution in [3.63, 3.8) is 0 Å². The van der Waals surface area contributed by atoms with E-state index < -0.39 is 4.92 Å². The molecule has 1 aromatic carbocycles. The number of nitro benzene ring substituents is 1. The Labute approximate surface area is 110 Å². The van der Waals surface area contributed by atoms with Gasteiger partial charge in [0.1, 0.15) is 12.0 Å². The van der Waals surface area contributed by atoms with Gasteiger partial charge in [-0.3, -0.25) is 14.9 Å². The molecule has 19 heavy (non-hydrogen) atoms. The lowest BCUT2D eigenvalue weighted by atomic mass is 10.1. The molecule has 0 saturated carbocycles. The smallest absolute Gasteiger partial charge is 0.293 e.